The highest BCUT2D eigenvalue weighted by Gasteiger charge is 1.99. The molecule has 2 aromatic rings. The van der Waals surface area contributed by atoms with Crippen LogP contribution in [0.4, 0.5) is 22.7 Å². The van der Waals surface area contributed by atoms with Crippen molar-refractivity contribution in [2.45, 2.75) is 33.6 Å². The molecular weight excluding hydrogens is 358 g/mol. The zero-order valence-corrected chi connectivity index (χ0v) is 18.6. The van der Waals surface area contributed by atoms with E-state index in [0.717, 1.165) is 72.9 Å². The summed E-state index contributed by atoms with van der Waals surface area (Å²) in [5.41, 5.74) is 17.7. The zero-order valence-electron chi connectivity index (χ0n) is 18.6. The Hall–Kier alpha value is -2.66. The zero-order chi connectivity index (χ0) is 21.6. The molecule has 0 bridgehead atoms. The summed E-state index contributed by atoms with van der Waals surface area (Å²) in [6, 6.07) is 12.1. The van der Waals surface area contributed by atoms with Gasteiger partial charge >= 0.3 is 0 Å². The molecule has 2 aromatic carbocycles. The van der Waals surface area contributed by atoms with Crippen LogP contribution in [0.15, 0.2) is 49.1 Å². The Bertz CT molecular complexity index is 742. The fourth-order valence-electron chi connectivity index (χ4n) is 2.81. The molecule has 160 valence electrons. The average molecular weight is 399 g/mol. The number of aryl methyl sites for hydroxylation is 2. The number of anilines is 4. The summed E-state index contributed by atoms with van der Waals surface area (Å²) in [5.74, 6) is 0. The minimum Gasteiger partial charge on any atom is -0.399 e. The summed E-state index contributed by atoms with van der Waals surface area (Å²) in [5, 5.41) is 6.72. The quantitative estimate of drug-likeness (QED) is 0.241. The van der Waals surface area contributed by atoms with Crippen LogP contribution < -0.4 is 27.0 Å². The van der Waals surface area contributed by atoms with E-state index in [-0.39, 0.29) is 0 Å². The molecule has 0 radical (unpaired) electrons. The predicted molar refractivity (Wildman–Crippen MR) is 130 cm³/mol. The van der Waals surface area contributed by atoms with E-state index < -0.39 is 0 Å². The minimum absolute atomic E-state index is 0.853. The number of hydrogen-bond donors (Lipinski definition) is 5. The van der Waals surface area contributed by atoms with Crippen molar-refractivity contribution < 1.29 is 4.90 Å². The van der Waals surface area contributed by atoms with E-state index in [0.29, 0.717) is 0 Å². The largest absolute Gasteiger partial charge is 0.399 e. The van der Waals surface area contributed by atoms with Crippen molar-refractivity contribution in [1.82, 2.24) is 0 Å². The maximum Gasteiger partial charge on any atom is 0.0953 e. The van der Waals surface area contributed by atoms with Crippen molar-refractivity contribution in [3.05, 3.63) is 60.2 Å². The van der Waals surface area contributed by atoms with Gasteiger partial charge in [-0.2, -0.15) is 0 Å². The van der Waals surface area contributed by atoms with Gasteiger partial charge < -0.3 is 27.0 Å². The predicted octanol–water partition coefficient (Wildman–Crippen LogP) is 3.48. The Labute approximate surface area is 177 Å². The van der Waals surface area contributed by atoms with Crippen molar-refractivity contribution in [1.29, 1.82) is 0 Å². The first-order valence-corrected chi connectivity index (χ1v) is 10.5. The lowest BCUT2D eigenvalue weighted by atomic mass is 10.2. The van der Waals surface area contributed by atoms with Gasteiger partial charge in [-0.1, -0.05) is 13.5 Å². The normalized spacial score (nSPS) is 11.2. The molecule has 0 aliphatic rings. The van der Waals surface area contributed by atoms with Gasteiger partial charge in [0.15, 0.2) is 0 Å². The fourth-order valence-corrected chi connectivity index (χ4v) is 2.81. The van der Waals surface area contributed by atoms with Crippen molar-refractivity contribution in [3.63, 3.8) is 0 Å². The molecule has 5 nitrogen and oxygen atoms in total. The molecule has 1 unspecified atom stereocenters. The number of likely N-dealkylation sites (N-methyl/N-ethyl adjacent to an activating group) is 1. The molecular formula is C24H40N5+. The van der Waals surface area contributed by atoms with Gasteiger partial charge in [0.2, 0.25) is 0 Å². The number of nitrogen functional groups attached to an aromatic ring is 2. The molecule has 0 spiro atoms. The highest BCUT2D eigenvalue weighted by Crippen LogP contribution is 2.17. The minimum atomic E-state index is 0.853. The maximum absolute atomic E-state index is 5.78. The number of quaternary nitrogens is 1. The maximum atomic E-state index is 5.78. The lowest BCUT2D eigenvalue weighted by Crippen LogP contribution is -3.08. The third-order valence-corrected chi connectivity index (χ3v) is 4.72. The Morgan fingerprint density at radius 3 is 1.90 bits per heavy atom. The first-order chi connectivity index (χ1) is 13.9. The lowest BCUT2D eigenvalue weighted by molar-refractivity contribution is -0.873. The smallest absolute Gasteiger partial charge is 0.0953 e. The second-order valence-corrected chi connectivity index (χ2v) is 7.55. The van der Waals surface area contributed by atoms with Crippen LogP contribution in [0.1, 0.15) is 30.9 Å². The molecule has 7 N–H and O–H groups in total. The van der Waals surface area contributed by atoms with Crippen molar-refractivity contribution in [2.24, 2.45) is 0 Å². The Kier molecular flexibility index (Phi) is 11.4. The van der Waals surface area contributed by atoms with Gasteiger partial charge in [0, 0.05) is 42.3 Å². The molecule has 0 amide bonds. The van der Waals surface area contributed by atoms with Crippen molar-refractivity contribution >= 4 is 22.7 Å². The summed E-state index contributed by atoms with van der Waals surface area (Å²) >= 11 is 0. The molecule has 0 saturated carbocycles. The topological polar surface area (TPSA) is 80.5 Å². The van der Waals surface area contributed by atoms with Gasteiger partial charge in [-0.05, 0) is 73.9 Å². The summed E-state index contributed by atoms with van der Waals surface area (Å²) in [6.07, 6.45) is 4.26. The summed E-state index contributed by atoms with van der Waals surface area (Å²) in [4.78, 5) is 1.50. The molecule has 0 fully saturated rings. The van der Waals surface area contributed by atoms with E-state index in [1.165, 1.54) is 4.90 Å². The standard InChI is InChI=1S/C14H23N3.C10H16N2/c1-4-9-17(3)10-5-8-16-13-6-7-14(15)12(2)11-13;1-3-6-12-9-4-5-10(11)8(2)7-9/h4,6-7,11,16H,1,5,8-10,15H2,2-3H3;4-5,7,12H,3,6,11H2,1-2H3/p+1. The summed E-state index contributed by atoms with van der Waals surface area (Å²) in [7, 11) is 2.19. The second-order valence-electron chi connectivity index (χ2n) is 7.55. The molecule has 0 heterocycles. The van der Waals surface area contributed by atoms with Crippen molar-refractivity contribution in [3.8, 4) is 0 Å². The molecule has 0 aliphatic heterocycles. The van der Waals surface area contributed by atoms with Gasteiger partial charge in [0.1, 0.15) is 0 Å². The van der Waals surface area contributed by atoms with Gasteiger partial charge in [-0.25, -0.2) is 0 Å². The Morgan fingerprint density at radius 2 is 1.45 bits per heavy atom. The van der Waals surface area contributed by atoms with Gasteiger partial charge in [0.25, 0.3) is 0 Å². The van der Waals surface area contributed by atoms with Crippen LogP contribution >= 0.6 is 0 Å². The molecule has 1 atom stereocenters. The number of nitrogens with one attached hydrogen (secondary N) is 3. The van der Waals surface area contributed by atoms with Crippen LogP contribution in [0.5, 0.6) is 0 Å². The number of benzene rings is 2. The average Bonchev–Trinajstić information content (AvgIpc) is 2.69. The SMILES string of the molecule is C=CC[NH+](C)CCCNc1ccc(N)c(C)c1.CCCNc1ccc(N)c(C)c1. The van der Waals surface area contributed by atoms with Gasteiger partial charge in [-0.15, -0.1) is 0 Å². The summed E-state index contributed by atoms with van der Waals surface area (Å²) < 4.78 is 0. The summed E-state index contributed by atoms with van der Waals surface area (Å²) in [6.45, 7) is 14.2. The first-order valence-electron chi connectivity index (χ1n) is 10.5. The Balaban J connectivity index is 0.000000308. The van der Waals surface area contributed by atoms with Crippen LogP contribution in [0.2, 0.25) is 0 Å². The highest BCUT2D eigenvalue weighted by molar-refractivity contribution is 5.57. The lowest BCUT2D eigenvalue weighted by Gasteiger charge is -2.12. The van der Waals surface area contributed by atoms with Crippen LogP contribution in [-0.4, -0.2) is 33.2 Å². The van der Waals surface area contributed by atoms with Crippen molar-refractivity contribution in [2.75, 3.05) is 55.3 Å². The number of rotatable bonds is 10. The van der Waals surface area contributed by atoms with E-state index >= 15 is 0 Å². The van der Waals surface area contributed by atoms with E-state index in [1.807, 2.05) is 44.2 Å². The van der Waals surface area contributed by atoms with E-state index in [2.05, 4.69) is 43.3 Å². The third-order valence-electron chi connectivity index (χ3n) is 4.72. The first kappa shape index (κ1) is 24.4. The second kappa shape index (κ2) is 13.5. The Morgan fingerprint density at radius 1 is 0.931 bits per heavy atom. The molecule has 5 heteroatoms. The van der Waals surface area contributed by atoms with E-state index in [9.17, 15) is 0 Å². The monoisotopic (exact) mass is 398 g/mol. The third kappa shape index (κ3) is 9.90. The molecule has 0 aliphatic carbocycles. The molecule has 29 heavy (non-hydrogen) atoms. The van der Waals surface area contributed by atoms with E-state index in [1.54, 1.807) is 0 Å². The van der Waals surface area contributed by atoms with Crippen LogP contribution in [0.3, 0.4) is 0 Å². The number of hydrogen-bond acceptors (Lipinski definition) is 4. The molecule has 0 saturated heterocycles. The van der Waals surface area contributed by atoms with Gasteiger partial charge in [-0.3, -0.25) is 0 Å². The van der Waals surface area contributed by atoms with Crippen LogP contribution in [0.25, 0.3) is 0 Å². The number of nitrogens with two attached hydrogens (primary N) is 2. The van der Waals surface area contributed by atoms with E-state index in [4.69, 9.17) is 11.5 Å². The molecule has 2 rings (SSSR count). The van der Waals surface area contributed by atoms with Crippen LogP contribution in [-0.2, 0) is 0 Å². The van der Waals surface area contributed by atoms with Gasteiger partial charge in [0.05, 0.1) is 20.1 Å². The fraction of sp³-hybridized carbons (Fsp3) is 0.417. The highest BCUT2D eigenvalue weighted by atomic mass is 15.1. The molecule has 0 aromatic heterocycles. The van der Waals surface area contributed by atoms with Crippen LogP contribution in [0, 0.1) is 13.8 Å².